The Morgan fingerprint density at radius 2 is 1.29 bits per heavy atom. The van der Waals surface area contributed by atoms with E-state index in [0.717, 1.165) is 39.7 Å². The summed E-state index contributed by atoms with van der Waals surface area (Å²) in [7, 11) is -3.79. The van der Waals surface area contributed by atoms with Gasteiger partial charge in [0, 0.05) is 22.9 Å². The van der Waals surface area contributed by atoms with E-state index in [-0.39, 0.29) is 11.8 Å². The van der Waals surface area contributed by atoms with Crippen LogP contribution in [0.3, 0.4) is 0 Å². The molecule has 1 aromatic heterocycles. The molecule has 4 aromatic carbocycles. The lowest BCUT2D eigenvalue weighted by Gasteiger charge is -2.24. The maximum absolute atomic E-state index is 14.2. The van der Waals surface area contributed by atoms with Crippen LogP contribution in [-0.2, 0) is 16.4 Å². The highest BCUT2D eigenvalue weighted by Gasteiger charge is 2.41. The normalized spacial score (nSPS) is 17.7. The van der Waals surface area contributed by atoms with Crippen LogP contribution >= 0.6 is 0 Å². The van der Waals surface area contributed by atoms with Crippen LogP contribution in [0.1, 0.15) is 39.8 Å². The summed E-state index contributed by atoms with van der Waals surface area (Å²) >= 11 is 0. The van der Waals surface area contributed by atoms with Gasteiger partial charge in [0.2, 0.25) is 0 Å². The molecule has 2 atom stereocenters. The molecule has 1 heterocycles. The molecule has 0 saturated carbocycles. The van der Waals surface area contributed by atoms with E-state index in [1.807, 2.05) is 61.5 Å². The van der Waals surface area contributed by atoms with Gasteiger partial charge in [-0.05, 0) is 48.2 Å². The summed E-state index contributed by atoms with van der Waals surface area (Å²) in [6, 6.07) is 35.9. The molecule has 0 bridgehead atoms. The molecule has 1 aliphatic carbocycles. The molecule has 0 amide bonds. The lowest BCUT2D eigenvalue weighted by Crippen LogP contribution is -2.19. The lowest BCUT2D eigenvalue weighted by molar-refractivity contribution is 0.582. The van der Waals surface area contributed by atoms with Crippen molar-refractivity contribution in [3.8, 4) is 0 Å². The van der Waals surface area contributed by atoms with Crippen LogP contribution in [-0.4, -0.2) is 12.4 Å². The second kappa shape index (κ2) is 8.00. The summed E-state index contributed by atoms with van der Waals surface area (Å²) in [5.41, 5.74) is 6.18. The molecule has 4 heteroatoms. The molecular formula is C30H25NO2S. The first-order valence-corrected chi connectivity index (χ1v) is 13.0. The van der Waals surface area contributed by atoms with Gasteiger partial charge < -0.3 is 0 Å². The molecule has 0 aliphatic heterocycles. The van der Waals surface area contributed by atoms with Gasteiger partial charge >= 0.3 is 0 Å². The van der Waals surface area contributed by atoms with Crippen molar-refractivity contribution in [2.75, 3.05) is 0 Å². The van der Waals surface area contributed by atoms with Gasteiger partial charge in [0.25, 0.3) is 10.0 Å². The number of para-hydroxylation sites is 1. The Hall–Kier alpha value is -3.63. The van der Waals surface area contributed by atoms with Crippen LogP contribution in [0.15, 0.2) is 114 Å². The van der Waals surface area contributed by atoms with Crippen molar-refractivity contribution in [1.82, 2.24) is 3.97 Å². The van der Waals surface area contributed by atoms with E-state index in [0.29, 0.717) is 4.90 Å². The first kappa shape index (κ1) is 20.9. The monoisotopic (exact) mass is 463 g/mol. The van der Waals surface area contributed by atoms with Crippen molar-refractivity contribution in [3.05, 3.63) is 137 Å². The van der Waals surface area contributed by atoms with Crippen molar-refractivity contribution in [1.29, 1.82) is 0 Å². The smallest absolute Gasteiger partial charge is 0.237 e. The highest BCUT2D eigenvalue weighted by Crippen LogP contribution is 2.51. The molecule has 0 unspecified atom stereocenters. The van der Waals surface area contributed by atoms with Crippen LogP contribution in [0.4, 0.5) is 0 Å². The SMILES string of the molecule is Cc1ccc(S(=O)(=O)n2c3c(c4ccccc42)C[C@@H](c2ccccc2)[C@@H]3c2ccccc2)cc1. The number of hydrogen-bond donors (Lipinski definition) is 0. The van der Waals surface area contributed by atoms with Gasteiger partial charge in [0.15, 0.2) is 0 Å². The Labute approximate surface area is 200 Å². The van der Waals surface area contributed by atoms with Gasteiger partial charge in [0.05, 0.1) is 10.4 Å². The Bertz CT molecular complexity index is 1590. The van der Waals surface area contributed by atoms with Crippen LogP contribution < -0.4 is 0 Å². The third-order valence-corrected chi connectivity index (χ3v) is 8.78. The second-order valence-electron chi connectivity index (χ2n) is 9.07. The summed E-state index contributed by atoms with van der Waals surface area (Å²) in [6.45, 7) is 1.97. The molecule has 0 N–H and O–H groups in total. The van der Waals surface area contributed by atoms with Gasteiger partial charge in [-0.2, -0.15) is 0 Å². The molecular weight excluding hydrogens is 438 g/mol. The molecule has 5 aromatic rings. The highest BCUT2D eigenvalue weighted by atomic mass is 32.2. The summed E-state index contributed by atoms with van der Waals surface area (Å²) in [6.07, 6.45) is 0.801. The predicted molar refractivity (Wildman–Crippen MR) is 137 cm³/mol. The summed E-state index contributed by atoms with van der Waals surface area (Å²) in [5, 5.41) is 1.02. The van der Waals surface area contributed by atoms with Crippen molar-refractivity contribution in [3.63, 3.8) is 0 Å². The summed E-state index contributed by atoms with van der Waals surface area (Å²) < 4.78 is 30.0. The molecule has 1 aliphatic rings. The molecule has 6 rings (SSSR count). The van der Waals surface area contributed by atoms with Crippen molar-refractivity contribution in [2.24, 2.45) is 0 Å². The number of fused-ring (bicyclic) bond motifs is 3. The van der Waals surface area contributed by atoms with Crippen LogP contribution in [0.25, 0.3) is 10.9 Å². The van der Waals surface area contributed by atoms with Crippen molar-refractivity contribution >= 4 is 20.9 Å². The Balaban J connectivity index is 1.67. The highest BCUT2D eigenvalue weighted by molar-refractivity contribution is 7.90. The largest absolute Gasteiger partial charge is 0.268 e. The third-order valence-electron chi connectivity index (χ3n) is 7.04. The first-order chi connectivity index (χ1) is 16.6. The van der Waals surface area contributed by atoms with E-state index in [4.69, 9.17) is 0 Å². The minimum atomic E-state index is -3.79. The Morgan fingerprint density at radius 1 is 0.706 bits per heavy atom. The van der Waals surface area contributed by atoms with Gasteiger partial charge in [0.1, 0.15) is 0 Å². The summed E-state index contributed by atoms with van der Waals surface area (Å²) in [4.78, 5) is 0.316. The number of benzene rings is 4. The lowest BCUT2D eigenvalue weighted by atomic mass is 9.83. The molecule has 3 nitrogen and oxygen atoms in total. The standard InChI is InChI=1S/C30H25NO2S/c1-21-16-18-24(19-17-21)34(32,33)31-28-15-9-8-14-25(28)27-20-26(22-10-4-2-5-11-22)29(30(27)31)23-12-6-3-7-13-23/h2-19,26,29H,20H2,1H3/t26-,29-/m0/s1. The van der Waals surface area contributed by atoms with E-state index in [2.05, 4.69) is 42.5 Å². The quantitative estimate of drug-likeness (QED) is 0.299. The molecule has 0 spiro atoms. The molecule has 0 saturated heterocycles. The van der Waals surface area contributed by atoms with E-state index in [9.17, 15) is 8.42 Å². The van der Waals surface area contributed by atoms with Gasteiger partial charge in [-0.3, -0.25) is 0 Å². The average Bonchev–Trinajstić information content (AvgIpc) is 3.40. The van der Waals surface area contributed by atoms with Gasteiger partial charge in [-0.1, -0.05) is 96.6 Å². The van der Waals surface area contributed by atoms with Gasteiger partial charge in [-0.25, -0.2) is 12.4 Å². The zero-order chi connectivity index (χ0) is 23.3. The van der Waals surface area contributed by atoms with Crippen molar-refractivity contribution in [2.45, 2.75) is 30.1 Å². The van der Waals surface area contributed by atoms with E-state index < -0.39 is 10.0 Å². The van der Waals surface area contributed by atoms with E-state index in [1.54, 1.807) is 16.1 Å². The van der Waals surface area contributed by atoms with E-state index in [1.165, 1.54) is 5.56 Å². The number of aromatic nitrogens is 1. The number of nitrogens with zero attached hydrogens (tertiary/aromatic N) is 1. The Morgan fingerprint density at radius 3 is 1.97 bits per heavy atom. The average molecular weight is 464 g/mol. The van der Waals surface area contributed by atoms with Gasteiger partial charge in [-0.15, -0.1) is 0 Å². The Kier molecular flexibility index (Phi) is 4.93. The molecule has 168 valence electrons. The maximum atomic E-state index is 14.2. The fraction of sp³-hybridized carbons (Fsp3) is 0.133. The summed E-state index contributed by atoms with van der Waals surface area (Å²) in [5.74, 6) is 0.101. The van der Waals surface area contributed by atoms with Crippen LogP contribution in [0.5, 0.6) is 0 Å². The minimum absolute atomic E-state index is 0.0637. The fourth-order valence-corrected chi connectivity index (χ4v) is 7.08. The minimum Gasteiger partial charge on any atom is -0.237 e. The number of hydrogen-bond acceptors (Lipinski definition) is 2. The topological polar surface area (TPSA) is 39.1 Å². The molecule has 34 heavy (non-hydrogen) atoms. The third kappa shape index (κ3) is 3.21. The van der Waals surface area contributed by atoms with Crippen LogP contribution in [0, 0.1) is 6.92 Å². The molecule has 0 fully saturated rings. The fourth-order valence-electron chi connectivity index (χ4n) is 5.49. The van der Waals surface area contributed by atoms with Crippen LogP contribution in [0.2, 0.25) is 0 Å². The van der Waals surface area contributed by atoms with Crippen molar-refractivity contribution < 1.29 is 8.42 Å². The zero-order valence-electron chi connectivity index (χ0n) is 18.9. The zero-order valence-corrected chi connectivity index (χ0v) is 19.7. The van der Waals surface area contributed by atoms with E-state index >= 15 is 0 Å². The second-order valence-corrected chi connectivity index (χ2v) is 10.9. The predicted octanol–water partition coefficient (Wildman–Crippen LogP) is 6.66. The molecule has 0 radical (unpaired) electrons. The number of aryl methyl sites for hydroxylation is 1. The first-order valence-electron chi connectivity index (χ1n) is 11.6. The maximum Gasteiger partial charge on any atom is 0.268 e. The number of rotatable bonds is 4.